The third-order valence-corrected chi connectivity index (χ3v) is 10.5. The Morgan fingerprint density at radius 3 is 2.91 bits per heavy atom. The second kappa shape index (κ2) is 12.0. The molecule has 2 amide bonds. The summed E-state index contributed by atoms with van der Waals surface area (Å²) in [5, 5.41) is 27.3. The molecule has 244 valence electrons. The zero-order valence-corrected chi connectivity index (χ0v) is 26.2. The fraction of sp³-hybridized carbons (Fsp3) is 0.387. The summed E-state index contributed by atoms with van der Waals surface area (Å²) in [4.78, 5) is 34.2. The number of benzene rings is 2. The molecule has 2 aromatic carbocycles. The van der Waals surface area contributed by atoms with Gasteiger partial charge in [-0.25, -0.2) is 18.0 Å². The monoisotopic (exact) mass is 685 g/mol. The minimum Gasteiger partial charge on any atom is -0.465 e. The van der Waals surface area contributed by atoms with Crippen LogP contribution in [0.5, 0.6) is 6.01 Å². The molecule has 16 heteroatoms. The van der Waals surface area contributed by atoms with Gasteiger partial charge < -0.3 is 20.5 Å². The molecule has 3 saturated heterocycles. The Bertz CT molecular complexity index is 2010. The number of ether oxygens (including phenoxy) is 1. The Morgan fingerprint density at radius 2 is 2.17 bits per heavy atom. The largest absolute Gasteiger partial charge is 0.465 e. The van der Waals surface area contributed by atoms with E-state index in [4.69, 9.17) is 16.3 Å². The standard InChI is InChI=1S/C31H27ClF3N7O4S/c32-19-7-17-25(24(35)23(19)16-2-3-20(34)26-22(16)18(9-36)28(47-26)41-30(44)45)39-29(40-27(17)38-11-14-6-21(43)37-10-14)46-13-31-4-1-5-42(31)12-15(33)8-31/h2-3,7,14-15,41H,1,4-6,8,10-13H2,(H,37,43)(H,44,45)(H,38,39,40)/t14?,15-,31+/m1/s1. The van der Waals surface area contributed by atoms with Crippen molar-refractivity contribution < 1.29 is 32.6 Å². The molecule has 2 aromatic heterocycles. The Balaban J connectivity index is 1.35. The molecule has 5 heterocycles. The number of hydrogen-bond donors (Lipinski definition) is 4. The summed E-state index contributed by atoms with van der Waals surface area (Å²) in [5.74, 6) is -1.55. The molecule has 0 radical (unpaired) electrons. The molecule has 0 spiro atoms. The van der Waals surface area contributed by atoms with Crippen LogP contribution in [-0.4, -0.2) is 76.5 Å². The van der Waals surface area contributed by atoms with E-state index in [0.29, 0.717) is 43.8 Å². The molecule has 0 aliphatic carbocycles. The highest BCUT2D eigenvalue weighted by Gasteiger charge is 2.49. The van der Waals surface area contributed by atoms with Crippen LogP contribution in [-0.2, 0) is 4.79 Å². The average Bonchev–Trinajstić information content (AvgIpc) is 3.78. The number of nitriles is 1. The lowest BCUT2D eigenvalue weighted by Gasteiger charge is -2.30. The molecule has 0 saturated carbocycles. The minimum absolute atomic E-state index is 0.00823. The second-order valence-corrected chi connectivity index (χ2v) is 13.5. The molecule has 3 fully saturated rings. The van der Waals surface area contributed by atoms with E-state index in [1.54, 1.807) is 0 Å². The number of amides is 2. The van der Waals surface area contributed by atoms with Crippen LogP contribution in [0.15, 0.2) is 18.2 Å². The number of carboxylic acid groups (broad SMARTS) is 1. The maximum atomic E-state index is 16.8. The first kappa shape index (κ1) is 31.2. The van der Waals surface area contributed by atoms with Gasteiger partial charge in [0.2, 0.25) is 5.91 Å². The summed E-state index contributed by atoms with van der Waals surface area (Å²) in [5.41, 5.74) is -1.00. The zero-order valence-electron chi connectivity index (χ0n) is 24.6. The van der Waals surface area contributed by atoms with Gasteiger partial charge in [-0.3, -0.25) is 15.0 Å². The molecule has 0 bridgehead atoms. The lowest BCUT2D eigenvalue weighted by molar-refractivity contribution is -0.119. The summed E-state index contributed by atoms with van der Waals surface area (Å²) < 4.78 is 52.2. The van der Waals surface area contributed by atoms with E-state index in [2.05, 4.69) is 30.8 Å². The second-order valence-electron chi connectivity index (χ2n) is 12.1. The molecule has 47 heavy (non-hydrogen) atoms. The van der Waals surface area contributed by atoms with Crippen LogP contribution in [0.1, 0.15) is 31.2 Å². The number of hydrogen-bond acceptors (Lipinski definition) is 9. The van der Waals surface area contributed by atoms with Crippen molar-refractivity contribution in [1.82, 2.24) is 20.2 Å². The molecule has 3 aliphatic heterocycles. The van der Waals surface area contributed by atoms with Crippen LogP contribution in [0, 0.1) is 28.9 Å². The fourth-order valence-corrected chi connectivity index (χ4v) is 8.36. The van der Waals surface area contributed by atoms with Crippen LogP contribution < -0.4 is 20.7 Å². The lowest BCUT2D eigenvalue weighted by atomic mass is 9.95. The number of rotatable bonds is 8. The smallest absolute Gasteiger partial charge is 0.409 e. The third kappa shape index (κ3) is 5.53. The van der Waals surface area contributed by atoms with Gasteiger partial charge in [-0.1, -0.05) is 17.7 Å². The normalized spacial score (nSPS) is 22.4. The van der Waals surface area contributed by atoms with Gasteiger partial charge in [-0.05, 0) is 37.1 Å². The Kier molecular flexibility index (Phi) is 7.97. The van der Waals surface area contributed by atoms with Gasteiger partial charge in [0.1, 0.15) is 41.0 Å². The average molecular weight is 686 g/mol. The summed E-state index contributed by atoms with van der Waals surface area (Å²) in [6.07, 6.45) is -0.176. The van der Waals surface area contributed by atoms with Crippen LogP contribution in [0.4, 0.5) is 28.8 Å². The van der Waals surface area contributed by atoms with Crippen molar-refractivity contribution in [2.24, 2.45) is 5.92 Å². The molecule has 3 aliphatic rings. The molecule has 3 atom stereocenters. The lowest BCUT2D eigenvalue weighted by Crippen LogP contribution is -2.43. The quantitative estimate of drug-likeness (QED) is 0.177. The van der Waals surface area contributed by atoms with Crippen molar-refractivity contribution >= 4 is 66.7 Å². The molecule has 11 nitrogen and oxygen atoms in total. The summed E-state index contributed by atoms with van der Waals surface area (Å²) in [6, 6.07) is 5.56. The van der Waals surface area contributed by atoms with Gasteiger partial charge >= 0.3 is 12.1 Å². The van der Waals surface area contributed by atoms with E-state index < -0.39 is 29.4 Å². The molecule has 4 aromatic rings. The molecular formula is C31H27ClF3N7O4S. The summed E-state index contributed by atoms with van der Waals surface area (Å²) in [7, 11) is 0. The number of aromatic nitrogens is 2. The van der Waals surface area contributed by atoms with Crippen molar-refractivity contribution in [3.8, 4) is 23.2 Å². The van der Waals surface area contributed by atoms with Gasteiger partial charge in [0.05, 0.1) is 20.8 Å². The van der Waals surface area contributed by atoms with Crippen LogP contribution in [0.25, 0.3) is 32.1 Å². The Labute approximate surface area is 274 Å². The van der Waals surface area contributed by atoms with Crippen molar-refractivity contribution in [1.29, 1.82) is 5.26 Å². The fourth-order valence-electron chi connectivity index (χ4n) is 6.99. The summed E-state index contributed by atoms with van der Waals surface area (Å²) in [6.45, 7) is 1.96. The first-order chi connectivity index (χ1) is 22.6. The van der Waals surface area contributed by atoms with E-state index in [0.717, 1.165) is 25.5 Å². The first-order valence-corrected chi connectivity index (χ1v) is 16.1. The Morgan fingerprint density at radius 1 is 1.34 bits per heavy atom. The number of thiophene rings is 1. The van der Waals surface area contributed by atoms with Gasteiger partial charge in [0.15, 0.2) is 5.82 Å². The highest BCUT2D eigenvalue weighted by Crippen LogP contribution is 2.46. The Hall–Kier alpha value is -4.39. The minimum atomic E-state index is -1.45. The van der Waals surface area contributed by atoms with Crippen molar-refractivity contribution in [3.05, 3.63) is 40.4 Å². The van der Waals surface area contributed by atoms with Gasteiger partial charge in [-0.15, -0.1) is 11.3 Å². The van der Waals surface area contributed by atoms with Crippen LogP contribution in [0.2, 0.25) is 5.02 Å². The first-order valence-electron chi connectivity index (χ1n) is 14.9. The SMILES string of the molecule is N#Cc1c(NC(=O)O)sc2c(F)ccc(-c3c(Cl)cc4c(NCC5CNC(=O)C5)nc(OC[C@@]56CCCN5C[C@H](F)C6)nc4c3F)c12. The summed E-state index contributed by atoms with van der Waals surface area (Å²) >= 11 is 7.42. The van der Waals surface area contributed by atoms with Gasteiger partial charge in [0.25, 0.3) is 0 Å². The molecular weight excluding hydrogens is 659 g/mol. The van der Waals surface area contributed by atoms with Gasteiger partial charge in [-0.2, -0.15) is 15.2 Å². The number of anilines is 2. The van der Waals surface area contributed by atoms with Crippen LogP contribution >= 0.6 is 22.9 Å². The van der Waals surface area contributed by atoms with E-state index >= 15 is 4.39 Å². The topological polar surface area (TPSA) is 152 Å². The predicted octanol–water partition coefficient (Wildman–Crippen LogP) is 5.91. The number of nitrogens with zero attached hydrogens (tertiary/aromatic N) is 4. The van der Waals surface area contributed by atoms with E-state index in [1.165, 1.54) is 12.1 Å². The highest BCUT2D eigenvalue weighted by molar-refractivity contribution is 7.23. The van der Waals surface area contributed by atoms with Crippen molar-refractivity contribution in [2.45, 2.75) is 37.4 Å². The number of nitrogens with one attached hydrogen (secondary N) is 3. The molecule has 7 rings (SSSR count). The van der Waals surface area contributed by atoms with E-state index in [1.807, 2.05) is 6.07 Å². The van der Waals surface area contributed by atoms with Crippen molar-refractivity contribution in [3.63, 3.8) is 0 Å². The van der Waals surface area contributed by atoms with Gasteiger partial charge in [0, 0.05) is 54.7 Å². The number of alkyl halides is 1. The highest BCUT2D eigenvalue weighted by atomic mass is 35.5. The molecule has 1 unspecified atom stereocenters. The van der Waals surface area contributed by atoms with Crippen LogP contribution in [0.3, 0.4) is 0 Å². The third-order valence-electron chi connectivity index (χ3n) is 9.11. The molecule has 4 N–H and O–H groups in total. The zero-order chi connectivity index (χ0) is 33.0. The maximum Gasteiger partial charge on any atom is 0.409 e. The maximum absolute atomic E-state index is 16.8. The van der Waals surface area contributed by atoms with E-state index in [9.17, 15) is 28.7 Å². The number of carbonyl (C=O) groups excluding carboxylic acids is 1. The number of fused-ring (bicyclic) bond motifs is 3. The predicted molar refractivity (Wildman–Crippen MR) is 170 cm³/mol. The number of carbonyl (C=O) groups is 2. The van der Waals surface area contributed by atoms with E-state index in [-0.39, 0.29) is 78.0 Å². The number of halogens is 4. The van der Waals surface area contributed by atoms with Crippen molar-refractivity contribution in [2.75, 3.05) is 43.4 Å².